The highest BCUT2D eigenvalue weighted by Gasteiger charge is 2.59. The van der Waals surface area contributed by atoms with Crippen LogP contribution in [0.2, 0.25) is 0 Å². The van der Waals surface area contributed by atoms with Crippen LogP contribution in [0.25, 0.3) is 0 Å². The van der Waals surface area contributed by atoms with Gasteiger partial charge in [-0.3, -0.25) is 4.79 Å². The molecule has 1 heteroatoms. The maximum atomic E-state index is 12.4. The lowest BCUT2D eigenvalue weighted by molar-refractivity contribution is -0.136. The molecular weight excluding hydrogens is 244 g/mol. The molecule has 0 bridgehead atoms. The van der Waals surface area contributed by atoms with Crippen LogP contribution in [-0.4, -0.2) is 5.78 Å². The summed E-state index contributed by atoms with van der Waals surface area (Å²) in [7, 11) is 0. The van der Waals surface area contributed by atoms with E-state index in [1.54, 1.807) is 0 Å². The molecule has 3 saturated carbocycles. The van der Waals surface area contributed by atoms with Gasteiger partial charge >= 0.3 is 0 Å². The van der Waals surface area contributed by atoms with Gasteiger partial charge in [-0.05, 0) is 74.0 Å². The molecule has 20 heavy (non-hydrogen) atoms. The average molecular weight is 272 g/mol. The lowest BCUT2D eigenvalue weighted by Crippen LogP contribution is -2.52. The van der Waals surface area contributed by atoms with Gasteiger partial charge in [0, 0.05) is 11.8 Å². The SMILES string of the molecule is C[C@]12CC=CC[C@@H]1CC[C@H]1[C@H]2CC[C@]2(C)C(=O)CC[C@@H]12. The second kappa shape index (κ2) is 4.21. The highest BCUT2D eigenvalue weighted by molar-refractivity contribution is 5.87. The van der Waals surface area contributed by atoms with E-state index in [4.69, 9.17) is 0 Å². The smallest absolute Gasteiger partial charge is 0.139 e. The predicted molar refractivity (Wildman–Crippen MR) is 81.3 cm³/mol. The number of ketones is 1. The maximum absolute atomic E-state index is 12.4. The van der Waals surface area contributed by atoms with Gasteiger partial charge < -0.3 is 0 Å². The molecule has 0 aromatic heterocycles. The van der Waals surface area contributed by atoms with Crippen LogP contribution in [0.3, 0.4) is 0 Å². The van der Waals surface area contributed by atoms with E-state index >= 15 is 0 Å². The van der Waals surface area contributed by atoms with Crippen molar-refractivity contribution in [3.8, 4) is 0 Å². The first kappa shape index (κ1) is 13.1. The molecule has 3 fully saturated rings. The van der Waals surface area contributed by atoms with Crippen molar-refractivity contribution in [2.24, 2.45) is 34.5 Å². The van der Waals surface area contributed by atoms with E-state index in [0.29, 0.717) is 17.1 Å². The van der Waals surface area contributed by atoms with Crippen molar-refractivity contribution in [2.45, 2.75) is 65.2 Å². The molecule has 0 unspecified atom stereocenters. The molecule has 1 nitrogen and oxygen atoms in total. The number of allylic oxidation sites excluding steroid dienone is 2. The number of carbonyl (C=O) groups is 1. The zero-order valence-corrected chi connectivity index (χ0v) is 13.0. The van der Waals surface area contributed by atoms with Crippen molar-refractivity contribution >= 4 is 5.78 Å². The fourth-order valence-electron chi connectivity index (χ4n) is 6.61. The Bertz CT molecular complexity index is 464. The minimum atomic E-state index is 0.0505. The normalized spacial score (nSPS) is 54.2. The lowest BCUT2D eigenvalue weighted by Gasteiger charge is -2.58. The van der Waals surface area contributed by atoms with E-state index in [2.05, 4.69) is 26.0 Å². The van der Waals surface area contributed by atoms with Crippen LogP contribution >= 0.6 is 0 Å². The summed E-state index contributed by atoms with van der Waals surface area (Å²) in [6.45, 7) is 4.86. The molecule has 0 spiro atoms. The Labute approximate surface area is 123 Å². The molecule has 0 aliphatic heterocycles. The minimum absolute atomic E-state index is 0.0505. The molecule has 0 N–H and O–H groups in total. The Morgan fingerprint density at radius 2 is 1.90 bits per heavy atom. The Morgan fingerprint density at radius 1 is 1.05 bits per heavy atom. The van der Waals surface area contributed by atoms with Gasteiger partial charge in [0.2, 0.25) is 0 Å². The Kier molecular flexibility index (Phi) is 2.76. The summed E-state index contributed by atoms with van der Waals surface area (Å²) >= 11 is 0. The molecule has 0 radical (unpaired) electrons. The minimum Gasteiger partial charge on any atom is -0.299 e. The predicted octanol–water partition coefficient (Wildman–Crippen LogP) is 4.76. The number of hydrogen-bond acceptors (Lipinski definition) is 1. The van der Waals surface area contributed by atoms with Gasteiger partial charge in [0.05, 0.1) is 0 Å². The molecule has 4 aliphatic carbocycles. The lowest BCUT2D eigenvalue weighted by atomic mass is 9.46. The summed E-state index contributed by atoms with van der Waals surface area (Å²) in [6, 6.07) is 0. The third-order valence-corrected chi connectivity index (χ3v) is 7.92. The maximum Gasteiger partial charge on any atom is 0.139 e. The zero-order chi connectivity index (χ0) is 14.0. The van der Waals surface area contributed by atoms with Crippen molar-refractivity contribution in [3.05, 3.63) is 12.2 Å². The van der Waals surface area contributed by atoms with Crippen LogP contribution in [0.15, 0.2) is 12.2 Å². The van der Waals surface area contributed by atoms with Gasteiger partial charge in [-0.2, -0.15) is 0 Å². The molecule has 0 amide bonds. The van der Waals surface area contributed by atoms with Crippen LogP contribution in [0.5, 0.6) is 0 Å². The summed E-state index contributed by atoms with van der Waals surface area (Å²) in [5.74, 6) is 3.92. The van der Waals surface area contributed by atoms with Crippen LogP contribution in [-0.2, 0) is 4.79 Å². The van der Waals surface area contributed by atoms with E-state index in [-0.39, 0.29) is 5.41 Å². The molecule has 0 heterocycles. The number of carbonyl (C=O) groups excluding carboxylic acids is 1. The van der Waals surface area contributed by atoms with Gasteiger partial charge in [-0.1, -0.05) is 26.0 Å². The molecular formula is C19H28O. The number of rotatable bonds is 0. The van der Waals surface area contributed by atoms with E-state index in [0.717, 1.165) is 24.2 Å². The third-order valence-electron chi connectivity index (χ3n) is 7.92. The van der Waals surface area contributed by atoms with E-state index < -0.39 is 0 Å². The van der Waals surface area contributed by atoms with Gasteiger partial charge in [0.1, 0.15) is 5.78 Å². The van der Waals surface area contributed by atoms with E-state index in [9.17, 15) is 4.79 Å². The summed E-state index contributed by atoms with van der Waals surface area (Å²) in [4.78, 5) is 12.4. The van der Waals surface area contributed by atoms with Crippen molar-refractivity contribution < 1.29 is 4.79 Å². The van der Waals surface area contributed by atoms with Crippen molar-refractivity contribution in [1.82, 2.24) is 0 Å². The van der Waals surface area contributed by atoms with Crippen molar-refractivity contribution in [1.29, 1.82) is 0 Å². The summed E-state index contributed by atoms with van der Waals surface area (Å²) in [5.41, 5.74) is 0.583. The summed E-state index contributed by atoms with van der Waals surface area (Å²) in [5, 5.41) is 0. The summed E-state index contributed by atoms with van der Waals surface area (Å²) < 4.78 is 0. The fourth-order valence-corrected chi connectivity index (χ4v) is 6.61. The zero-order valence-electron chi connectivity index (χ0n) is 13.0. The second-order valence-electron chi connectivity index (χ2n) is 8.49. The third kappa shape index (κ3) is 1.53. The molecule has 110 valence electrons. The molecule has 6 atom stereocenters. The topological polar surface area (TPSA) is 17.1 Å². The second-order valence-corrected chi connectivity index (χ2v) is 8.49. The van der Waals surface area contributed by atoms with E-state index in [1.165, 1.54) is 44.9 Å². The van der Waals surface area contributed by atoms with Gasteiger partial charge in [0.15, 0.2) is 0 Å². The van der Waals surface area contributed by atoms with Gasteiger partial charge in [-0.15, -0.1) is 0 Å². The molecule has 4 rings (SSSR count). The van der Waals surface area contributed by atoms with Gasteiger partial charge in [-0.25, -0.2) is 0 Å². The number of Topliss-reactive ketones (excluding diaryl/α,β-unsaturated/α-hetero) is 1. The largest absolute Gasteiger partial charge is 0.299 e. The monoisotopic (exact) mass is 272 g/mol. The molecule has 0 aromatic rings. The molecule has 0 aromatic carbocycles. The first-order valence-electron chi connectivity index (χ1n) is 8.74. The first-order chi connectivity index (χ1) is 9.56. The Balaban J connectivity index is 1.68. The highest BCUT2D eigenvalue weighted by Crippen LogP contribution is 2.64. The van der Waals surface area contributed by atoms with Crippen molar-refractivity contribution in [2.75, 3.05) is 0 Å². The molecule has 0 saturated heterocycles. The fraction of sp³-hybridized carbons (Fsp3) is 0.842. The van der Waals surface area contributed by atoms with Crippen LogP contribution in [0.4, 0.5) is 0 Å². The van der Waals surface area contributed by atoms with E-state index in [1.807, 2.05) is 0 Å². The Hall–Kier alpha value is -0.590. The Morgan fingerprint density at radius 3 is 2.75 bits per heavy atom. The average Bonchev–Trinajstić information content (AvgIpc) is 2.74. The number of fused-ring (bicyclic) bond motifs is 5. The van der Waals surface area contributed by atoms with Crippen molar-refractivity contribution in [3.63, 3.8) is 0 Å². The molecule has 4 aliphatic rings. The summed E-state index contributed by atoms with van der Waals surface area (Å²) in [6.07, 6.45) is 14.8. The highest BCUT2D eigenvalue weighted by atomic mass is 16.1. The van der Waals surface area contributed by atoms with Gasteiger partial charge in [0.25, 0.3) is 0 Å². The van der Waals surface area contributed by atoms with Crippen LogP contribution in [0.1, 0.15) is 65.2 Å². The first-order valence-corrected chi connectivity index (χ1v) is 8.74. The van der Waals surface area contributed by atoms with Crippen LogP contribution in [0, 0.1) is 34.5 Å². The standard InChI is InChI=1S/C19H28O/c1-18-11-4-3-5-13(18)6-7-14-15-8-9-17(20)19(15,2)12-10-16(14)18/h3-4,13-16H,5-12H2,1-2H3/t13-,14-,15+,16-,18+,19+/m1/s1. The quantitative estimate of drug-likeness (QED) is 0.581. The number of hydrogen-bond donors (Lipinski definition) is 0. The van der Waals surface area contributed by atoms with Crippen LogP contribution < -0.4 is 0 Å².